The number of H-pyrrole nitrogens is 1. The van der Waals surface area contributed by atoms with Crippen LogP contribution in [0, 0.1) is 5.82 Å². The van der Waals surface area contributed by atoms with Crippen LogP contribution >= 0.6 is 0 Å². The lowest BCUT2D eigenvalue weighted by Gasteiger charge is -2.19. The van der Waals surface area contributed by atoms with E-state index in [0.717, 1.165) is 0 Å². The Balaban J connectivity index is 2.15. The highest BCUT2D eigenvalue weighted by Gasteiger charge is 2.40. The number of nitrogens with two attached hydrogens (primary N) is 2. The molecule has 33 heavy (non-hydrogen) atoms. The lowest BCUT2D eigenvalue weighted by atomic mass is 10.1. The van der Waals surface area contributed by atoms with Gasteiger partial charge in [0.15, 0.2) is 0 Å². The maximum Gasteiger partial charge on any atom is 0.330 e. The lowest BCUT2D eigenvalue weighted by molar-refractivity contribution is -0.161. The van der Waals surface area contributed by atoms with Gasteiger partial charge in [-0.15, -0.1) is 0 Å². The smallest absolute Gasteiger partial charge is 0.330 e. The van der Waals surface area contributed by atoms with Crippen molar-refractivity contribution in [2.75, 3.05) is 6.61 Å². The highest BCUT2D eigenvalue weighted by atomic mass is 19.1. The summed E-state index contributed by atoms with van der Waals surface area (Å²) >= 11 is 0. The Labute approximate surface area is 183 Å². The number of rotatable bonds is 10. The molecule has 0 saturated carbocycles. The van der Waals surface area contributed by atoms with Crippen molar-refractivity contribution in [3.63, 3.8) is 0 Å². The average molecular weight is 476 g/mol. The molecule has 182 valence electrons. The largest absolute Gasteiger partial charge is 0.480 e. The molecule has 5 atom stereocenters. The molecule has 0 spiro atoms. The normalized spacial score (nSPS) is 21.7. The first-order valence-corrected chi connectivity index (χ1v) is 9.37. The van der Waals surface area contributed by atoms with Crippen LogP contribution in [0.15, 0.2) is 15.8 Å². The zero-order valence-electron chi connectivity index (χ0n) is 16.8. The second kappa shape index (κ2) is 10.8. The van der Waals surface area contributed by atoms with Crippen LogP contribution in [0.2, 0.25) is 0 Å². The summed E-state index contributed by atoms with van der Waals surface area (Å²) in [5.41, 5.74) is 8.23. The van der Waals surface area contributed by atoms with Crippen molar-refractivity contribution in [1.82, 2.24) is 9.55 Å². The number of hydrogen-bond donors (Lipinski definition) is 5. The summed E-state index contributed by atoms with van der Waals surface area (Å²) in [5, 5.41) is 17.5. The van der Waals surface area contributed by atoms with Crippen molar-refractivity contribution in [2.45, 2.75) is 49.8 Å². The van der Waals surface area contributed by atoms with Crippen molar-refractivity contribution in [2.24, 2.45) is 11.5 Å². The van der Waals surface area contributed by atoms with Gasteiger partial charge in [-0.2, -0.15) is 4.39 Å². The Morgan fingerprint density at radius 2 is 1.73 bits per heavy atom. The van der Waals surface area contributed by atoms with Crippen LogP contribution in [-0.4, -0.2) is 74.5 Å². The first kappa shape index (κ1) is 25.6. The zero-order valence-corrected chi connectivity index (χ0v) is 16.8. The summed E-state index contributed by atoms with van der Waals surface area (Å²) in [6.07, 6.45) is -4.75. The van der Waals surface area contributed by atoms with E-state index in [1.165, 1.54) is 0 Å². The highest BCUT2D eigenvalue weighted by Crippen LogP contribution is 2.30. The number of hydrogen-bond acceptors (Lipinski definition) is 11. The van der Waals surface area contributed by atoms with Crippen LogP contribution in [0.4, 0.5) is 4.39 Å². The molecule has 0 aliphatic carbocycles. The maximum absolute atomic E-state index is 13.6. The molecule has 1 aliphatic heterocycles. The Bertz CT molecular complexity index is 1040. The van der Waals surface area contributed by atoms with Gasteiger partial charge < -0.3 is 35.9 Å². The number of esters is 2. The van der Waals surface area contributed by atoms with Gasteiger partial charge in [0.25, 0.3) is 5.56 Å². The second-order valence-corrected chi connectivity index (χ2v) is 7.02. The number of nitrogens with one attached hydrogen (secondary N) is 1. The van der Waals surface area contributed by atoms with Crippen molar-refractivity contribution >= 4 is 23.9 Å². The summed E-state index contributed by atoms with van der Waals surface area (Å²) in [6, 6.07) is -3.08. The Morgan fingerprint density at radius 3 is 2.30 bits per heavy atom. The average Bonchev–Trinajstić information content (AvgIpc) is 3.10. The molecule has 1 aromatic rings. The van der Waals surface area contributed by atoms with Gasteiger partial charge in [0.1, 0.15) is 37.1 Å². The Hall–Kier alpha value is -3.63. The molecular weight excluding hydrogens is 455 g/mol. The predicted octanol–water partition coefficient (Wildman–Crippen LogP) is -2.98. The van der Waals surface area contributed by atoms with E-state index in [-0.39, 0.29) is 6.42 Å². The van der Waals surface area contributed by atoms with Crippen molar-refractivity contribution in [1.29, 1.82) is 0 Å². The first-order chi connectivity index (χ1) is 15.4. The molecular formula is C17H21FN4O11. The van der Waals surface area contributed by atoms with Crippen LogP contribution in [0.1, 0.15) is 25.5 Å². The number of aromatic amines is 1. The fourth-order valence-electron chi connectivity index (χ4n) is 2.80. The number of ether oxygens (including phenoxy) is 3. The quantitative estimate of drug-likeness (QED) is 0.212. The molecule has 0 radical (unpaired) electrons. The fourth-order valence-corrected chi connectivity index (χ4v) is 2.80. The van der Waals surface area contributed by atoms with E-state index in [9.17, 15) is 33.2 Å². The summed E-state index contributed by atoms with van der Waals surface area (Å²) in [7, 11) is 0. The zero-order chi connectivity index (χ0) is 24.9. The molecule has 0 amide bonds. The van der Waals surface area contributed by atoms with Gasteiger partial charge in [0.05, 0.1) is 19.0 Å². The van der Waals surface area contributed by atoms with Gasteiger partial charge in [0, 0.05) is 6.42 Å². The van der Waals surface area contributed by atoms with Gasteiger partial charge >= 0.3 is 29.6 Å². The molecule has 0 aromatic carbocycles. The van der Waals surface area contributed by atoms with E-state index in [4.69, 9.17) is 35.9 Å². The van der Waals surface area contributed by atoms with E-state index in [1.54, 1.807) is 4.98 Å². The van der Waals surface area contributed by atoms with E-state index in [0.29, 0.717) is 10.8 Å². The lowest BCUT2D eigenvalue weighted by Crippen LogP contribution is -2.37. The van der Waals surface area contributed by atoms with Crippen molar-refractivity contribution < 1.29 is 48.0 Å². The van der Waals surface area contributed by atoms with E-state index in [2.05, 4.69) is 0 Å². The fraction of sp³-hybridized carbons (Fsp3) is 0.529. The number of carbonyl (C=O) groups excluding carboxylic acids is 2. The van der Waals surface area contributed by atoms with Crippen molar-refractivity contribution in [3.05, 3.63) is 32.9 Å². The van der Waals surface area contributed by atoms with Crippen LogP contribution < -0.4 is 22.7 Å². The van der Waals surface area contributed by atoms with Crippen LogP contribution in [0.25, 0.3) is 0 Å². The highest BCUT2D eigenvalue weighted by molar-refractivity contribution is 5.81. The van der Waals surface area contributed by atoms with E-state index < -0.39 is 90.9 Å². The number of carbonyl (C=O) groups is 4. The van der Waals surface area contributed by atoms with Gasteiger partial charge in [0.2, 0.25) is 5.82 Å². The number of carboxylic acid groups (broad SMARTS) is 2. The standard InChI is InChI=1S/C17H21FN4O11/c18-6-4-22(17(30)21-14(6)25)11-3-9(33-13(24)2-8(20)16(28)29)10(32-11)5-31-12(23)1-7(19)15(26)27/h4,7-11H,1-3,5,19-20H2,(H,26,27)(H,28,29)(H,21,25,30)/t7-,8-,9-,10+,11+/m0/s1. The molecule has 2 rings (SSSR count). The molecule has 1 aromatic heterocycles. The molecule has 16 heteroatoms. The number of aliphatic carboxylic acids is 2. The number of halogens is 1. The van der Waals surface area contributed by atoms with Crippen molar-refractivity contribution in [3.8, 4) is 0 Å². The maximum atomic E-state index is 13.6. The number of carboxylic acids is 2. The molecule has 0 unspecified atom stereocenters. The number of nitrogens with zero attached hydrogens (tertiary/aromatic N) is 1. The summed E-state index contributed by atoms with van der Waals surface area (Å²) in [4.78, 5) is 70.3. The topological polar surface area (TPSA) is 243 Å². The number of aromatic nitrogens is 2. The second-order valence-electron chi connectivity index (χ2n) is 7.02. The third kappa shape index (κ3) is 6.93. The van der Waals surface area contributed by atoms with Crippen LogP contribution in [-0.2, 0) is 33.4 Å². The molecule has 1 aliphatic rings. The van der Waals surface area contributed by atoms with E-state index in [1.807, 2.05) is 0 Å². The summed E-state index contributed by atoms with van der Waals surface area (Å²) in [6.45, 7) is -0.578. The van der Waals surface area contributed by atoms with Crippen LogP contribution in [0.5, 0.6) is 0 Å². The monoisotopic (exact) mass is 476 g/mol. The minimum Gasteiger partial charge on any atom is -0.480 e. The minimum atomic E-state index is -1.56. The third-order valence-corrected chi connectivity index (χ3v) is 4.51. The third-order valence-electron chi connectivity index (χ3n) is 4.51. The van der Waals surface area contributed by atoms with Gasteiger partial charge in [-0.05, 0) is 0 Å². The molecule has 15 nitrogen and oxygen atoms in total. The Morgan fingerprint density at radius 1 is 1.15 bits per heavy atom. The van der Waals surface area contributed by atoms with Gasteiger partial charge in [-0.1, -0.05) is 0 Å². The predicted molar refractivity (Wildman–Crippen MR) is 101 cm³/mol. The molecule has 7 N–H and O–H groups in total. The minimum absolute atomic E-state index is 0.268. The summed E-state index contributed by atoms with van der Waals surface area (Å²) < 4.78 is 29.9. The van der Waals surface area contributed by atoms with Gasteiger partial charge in [-0.25, -0.2) is 4.79 Å². The van der Waals surface area contributed by atoms with Gasteiger partial charge in [-0.3, -0.25) is 33.5 Å². The molecule has 1 saturated heterocycles. The molecule has 2 heterocycles. The van der Waals surface area contributed by atoms with Crippen LogP contribution in [0.3, 0.4) is 0 Å². The Kier molecular flexibility index (Phi) is 8.38. The first-order valence-electron chi connectivity index (χ1n) is 9.37. The summed E-state index contributed by atoms with van der Waals surface area (Å²) in [5.74, 6) is -6.24. The molecule has 0 bridgehead atoms. The van der Waals surface area contributed by atoms with E-state index >= 15 is 0 Å². The molecule has 1 fully saturated rings. The SMILES string of the molecule is N[C@@H](CC(=O)OC[C@H]1O[C@@H](n2cc(F)c(=O)[nH]c2=O)C[C@@H]1OC(=O)C[C@H](N)C(=O)O)C(=O)O.